The quantitative estimate of drug-likeness (QED) is 0.121. The largest absolute Gasteiger partial charge is 0.493 e. The average Bonchev–Trinajstić information content (AvgIpc) is 2.84. The van der Waals surface area contributed by atoms with E-state index in [0.29, 0.717) is 46.1 Å². The minimum Gasteiger partial charge on any atom is -0.493 e. The lowest BCUT2D eigenvalue weighted by molar-refractivity contribution is 0.272. The monoisotopic (exact) mass is 491 g/mol. The first-order chi connectivity index (χ1) is 16.8. The summed E-state index contributed by atoms with van der Waals surface area (Å²) in [6.45, 7) is 4.76. The molecule has 4 aromatic rings. The normalized spacial score (nSPS) is 11.9. The van der Waals surface area contributed by atoms with Crippen molar-refractivity contribution in [1.82, 2.24) is 4.98 Å². The molecule has 0 radical (unpaired) electrons. The van der Waals surface area contributed by atoms with Crippen LogP contribution in [-0.2, 0) is 10.1 Å². The summed E-state index contributed by atoms with van der Waals surface area (Å²) in [5.41, 5.74) is 2.76. The van der Waals surface area contributed by atoms with Crippen LogP contribution < -0.4 is 15.9 Å². The van der Waals surface area contributed by atoms with Crippen molar-refractivity contribution in [2.24, 2.45) is 22.1 Å². The molecule has 0 aliphatic carbocycles. The van der Waals surface area contributed by atoms with Crippen molar-refractivity contribution in [3.05, 3.63) is 72.9 Å². The maximum absolute atomic E-state index is 12.1. The number of pyridine rings is 1. The van der Waals surface area contributed by atoms with Gasteiger partial charge in [-0.05, 0) is 36.2 Å². The highest BCUT2D eigenvalue weighted by Crippen LogP contribution is 2.40. The molecule has 1 aromatic heterocycles. The fourth-order valence-electron chi connectivity index (χ4n) is 3.64. The molecule has 0 amide bonds. The third-order valence-electron chi connectivity index (χ3n) is 5.19. The summed E-state index contributed by atoms with van der Waals surface area (Å²) in [5.74, 6) is 6.45. The predicted octanol–water partition coefficient (Wildman–Crippen LogP) is 5.88. The number of nitrogens with one attached hydrogen (secondary N) is 1. The summed E-state index contributed by atoms with van der Waals surface area (Å²) in [6.07, 6.45) is 1.61. The Balaban J connectivity index is 1.72. The van der Waals surface area contributed by atoms with E-state index in [1.807, 2.05) is 30.3 Å². The van der Waals surface area contributed by atoms with Crippen LogP contribution in [0.2, 0.25) is 0 Å². The lowest BCUT2D eigenvalue weighted by Crippen LogP contribution is -2.05. The van der Waals surface area contributed by atoms with Crippen molar-refractivity contribution in [2.75, 3.05) is 11.9 Å². The maximum Gasteiger partial charge on any atom is 0.295 e. The summed E-state index contributed by atoms with van der Waals surface area (Å²) < 4.78 is 39.9. The molecule has 0 bridgehead atoms. The lowest BCUT2D eigenvalue weighted by atomic mass is 10.1. The van der Waals surface area contributed by atoms with E-state index >= 15 is 0 Å². The van der Waals surface area contributed by atoms with Crippen molar-refractivity contribution < 1.29 is 17.7 Å². The van der Waals surface area contributed by atoms with Crippen LogP contribution in [0, 0.1) is 5.92 Å². The summed E-state index contributed by atoms with van der Waals surface area (Å²) in [7, 11) is -4.51. The molecule has 0 fully saturated rings. The number of para-hydroxylation sites is 1. The Morgan fingerprint density at radius 3 is 2.43 bits per heavy atom. The summed E-state index contributed by atoms with van der Waals surface area (Å²) in [4.78, 5) is 4.30. The minimum atomic E-state index is -4.51. The van der Waals surface area contributed by atoms with E-state index in [4.69, 9.17) is 10.6 Å². The fourth-order valence-corrected chi connectivity index (χ4v) is 4.37. The second-order valence-corrected chi connectivity index (χ2v) is 9.66. The molecular formula is C25H25N5O4S. The van der Waals surface area contributed by atoms with Crippen molar-refractivity contribution in [1.29, 1.82) is 0 Å². The van der Waals surface area contributed by atoms with Crippen LogP contribution in [-0.4, -0.2) is 24.6 Å². The Morgan fingerprint density at radius 1 is 1.06 bits per heavy atom. The molecule has 0 saturated carbocycles. The first-order valence-electron chi connectivity index (χ1n) is 10.9. The van der Waals surface area contributed by atoms with Crippen molar-refractivity contribution in [2.45, 2.75) is 18.7 Å². The van der Waals surface area contributed by atoms with Gasteiger partial charge in [-0.3, -0.25) is 9.54 Å². The Labute approximate surface area is 203 Å². The third kappa shape index (κ3) is 5.39. The predicted molar refractivity (Wildman–Crippen MR) is 136 cm³/mol. The Bertz CT molecular complexity index is 1490. The first kappa shape index (κ1) is 24.1. The zero-order chi connectivity index (χ0) is 25.0. The van der Waals surface area contributed by atoms with Crippen LogP contribution >= 0.6 is 0 Å². The molecule has 3 aromatic carbocycles. The van der Waals surface area contributed by atoms with Gasteiger partial charge in [0.15, 0.2) is 0 Å². The number of hydrogen-bond donors (Lipinski definition) is 3. The average molecular weight is 492 g/mol. The van der Waals surface area contributed by atoms with Crippen LogP contribution in [0.4, 0.5) is 17.1 Å². The van der Waals surface area contributed by atoms with Gasteiger partial charge in [-0.15, -0.1) is 5.11 Å². The van der Waals surface area contributed by atoms with Crippen LogP contribution in [0.25, 0.3) is 22.0 Å². The molecule has 35 heavy (non-hydrogen) atoms. The van der Waals surface area contributed by atoms with Crippen molar-refractivity contribution >= 4 is 38.0 Å². The molecule has 4 N–H and O–H groups in total. The summed E-state index contributed by atoms with van der Waals surface area (Å²) in [6, 6.07) is 19.2. The minimum absolute atomic E-state index is 0.257. The molecule has 1 heterocycles. The number of rotatable bonds is 8. The molecule has 0 saturated heterocycles. The van der Waals surface area contributed by atoms with Gasteiger partial charge in [-0.25, -0.2) is 0 Å². The highest BCUT2D eigenvalue weighted by atomic mass is 32.2. The van der Waals surface area contributed by atoms with Gasteiger partial charge >= 0.3 is 0 Å². The van der Waals surface area contributed by atoms with E-state index in [2.05, 4.69) is 34.5 Å². The molecule has 180 valence electrons. The number of anilines is 2. The van der Waals surface area contributed by atoms with E-state index in [1.54, 1.807) is 36.5 Å². The highest BCUT2D eigenvalue weighted by Gasteiger charge is 2.20. The zero-order valence-corrected chi connectivity index (χ0v) is 20.0. The topological polar surface area (TPSA) is 139 Å². The van der Waals surface area contributed by atoms with Crippen LogP contribution in [0.5, 0.6) is 5.75 Å². The number of nitrogens with two attached hydrogens (primary N) is 1. The van der Waals surface area contributed by atoms with Gasteiger partial charge in [0.25, 0.3) is 10.1 Å². The molecular weight excluding hydrogens is 466 g/mol. The molecule has 0 spiro atoms. The van der Waals surface area contributed by atoms with Crippen molar-refractivity contribution in [3.8, 4) is 17.0 Å². The number of fused-ring (bicyclic) bond motifs is 1. The summed E-state index contributed by atoms with van der Waals surface area (Å²) in [5, 5.41) is 11.3. The molecule has 0 unspecified atom stereocenters. The second-order valence-electron chi connectivity index (χ2n) is 8.27. The first-order valence-corrected chi connectivity index (χ1v) is 12.3. The van der Waals surface area contributed by atoms with Gasteiger partial charge in [0.1, 0.15) is 16.3 Å². The van der Waals surface area contributed by atoms with E-state index in [0.717, 1.165) is 11.3 Å². The van der Waals surface area contributed by atoms with Crippen molar-refractivity contribution in [3.63, 3.8) is 0 Å². The lowest BCUT2D eigenvalue weighted by Gasteiger charge is -2.15. The number of benzene rings is 3. The molecule has 0 aliphatic heterocycles. The van der Waals surface area contributed by atoms with Gasteiger partial charge in [-0.1, -0.05) is 55.5 Å². The van der Waals surface area contributed by atoms with Crippen LogP contribution in [0.3, 0.4) is 0 Å². The Morgan fingerprint density at radius 2 is 1.77 bits per heavy atom. The molecule has 0 aliphatic rings. The third-order valence-corrected chi connectivity index (χ3v) is 6.09. The molecule has 9 nitrogen and oxygen atoms in total. The molecule has 4 rings (SSSR count). The van der Waals surface area contributed by atoms with E-state index < -0.39 is 10.1 Å². The molecule has 0 atom stereocenters. The second kappa shape index (κ2) is 10.1. The number of hydrogen-bond acceptors (Lipinski definition) is 7. The summed E-state index contributed by atoms with van der Waals surface area (Å²) >= 11 is 0. The number of aromatic nitrogens is 1. The van der Waals surface area contributed by atoms with Crippen LogP contribution in [0.1, 0.15) is 13.8 Å². The zero-order valence-electron chi connectivity index (χ0n) is 19.2. The van der Waals surface area contributed by atoms with Gasteiger partial charge < -0.3 is 15.9 Å². The van der Waals surface area contributed by atoms with Gasteiger partial charge in [0.05, 0.1) is 29.9 Å². The fraction of sp³-hybridized carbons (Fsp3) is 0.160. The van der Waals surface area contributed by atoms with Gasteiger partial charge in [-0.2, -0.15) is 8.42 Å². The Kier molecular flexibility index (Phi) is 6.94. The SMILES string of the molecule is CC(C)COc1ccccc1-c1ccc(Nc2cc(S(=O)(=O)O)c3ccccc3c2N=NN)cn1. The number of nitrogens with zero attached hydrogens (tertiary/aromatic N) is 3. The highest BCUT2D eigenvalue weighted by molar-refractivity contribution is 7.86. The standard InChI is InChI=1S/C25H25N5O4S/c1-16(2)15-34-23-10-6-5-9-20(23)21-12-11-17(14-27-21)28-22-13-24(35(31,32)33)18-7-3-4-8-19(18)25(22)29-30-26/h3-14,16,28H,15H2,1-2H3,(H2,26,29)(H,31,32,33). The van der Waals surface area contributed by atoms with E-state index in [1.165, 1.54) is 6.07 Å². The van der Waals surface area contributed by atoms with Gasteiger partial charge in [0.2, 0.25) is 0 Å². The Hall–Kier alpha value is -4.02. The maximum atomic E-state index is 12.1. The van der Waals surface area contributed by atoms with Gasteiger partial charge in [0, 0.05) is 16.3 Å². The van der Waals surface area contributed by atoms with E-state index in [9.17, 15) is 13.0 Å². The van der Waals surface area contributed by atoms with E-state index in [-0.39, 0.29) is 4.90 Å². The smallest absolute Gasteiger partial charge is 0.295 e. The number of ether oxygens (including phenoxy) is 1. The molecule has 10 heteroatoms. The van der Waals surface area contributed by atoms with Crippen LogP contribution in [0.15, 0.2) is 88.2 Å².